The molecule has 0 radical (unpaired) electrons. The largest absolute Gasteiger partial charge is 0.392 e. The van der Waals surface area contributed by atoms with Crippen molar-refractivity contribution in [3.63, 3.8) is 0 Å². The molecule has 0 aromatic heterocycles. The van der Waals surface area contributed by atoms with Gasteiger partial charge >= 0.3 is 0 Å². The highest BCUT2D eigenvalue weighted by Gasteiger charge is 2.21. The van der Waals surface area contributed by atoms with Crippen LogP contribution in [0.25, 0.3) is 0 Å². The molecule has 1 rings (SSSR count). The first-order chi connectivity index (χ1) is 8.84. The third-order valence-electron chi connectivity index (χ3n) is 4.17. The molecule has 0 heterocycles. The average Bonchev–Trinajstić information content (AvgIpc) is 2.39. The van der Waals surface area contributed by atoms with Crippen LogP contribution in [-0.2, 0) is 0 Å². The summed E-state index contributed by atoms with van der Waals surface area (Å²) in [6.45, 7) is 3.36. The summed E-state index contributed by atoms with van der Waals surface area (Å²) in [6.07, 6.45) is 15.6. The first kappa shape index (κ1) is 16.0. The summed E-state index contributed by atoms with van der Waals surface area (Å²) < 4.78 is 0. The van der Waals surface area contributed by atoms with Crippen molar-refractivity contribution in [3.05, 3.63) is 0 Å². The van der Waals surface area contributed by atoms with Gasteiger partial charge in [0.05, 0.1) is 6.10 Å². The molecule has 2 atom stereocenters. The molecule has 0 spiro atoms. The quantitative estimate of drug-likeness (QED) is 0.578. The molecule has 2 N–H and O–H groups in total. The lowest BCUT2D eigenvalue weighted by Gasteiger charge is -2.28. The number of aliphatic hydroxyl groups is 1. The zero-order chi connectivity index (χ0) is 13.1. The van der Waals surface area contributed by atoms with Crippen LogP contribution in [0.15, 0.2) is 0 Å². The van der Waals surface area contributed by atoms with E-state index in [4.69, 9.17) is 0 Å². The number of unbranched alkanes of at least 4 members (excludes halogenated alkanes) is 7. The third-order valence-corrected chi connectivity index (χ3v) is 4.17. The Kier molecular flexibility index (Phi) is 9.59. The van der Waals surface area contributed by atoms with Crippen LogP contribution in [0.2, 0.25) is 0 Å². The van der Waals surface area contributed by atoms with E-state index in [-0.39, 0.29) is 6.10 Å². The second-order valence-corrected chi connectivity index (χ2v) is 5.89. The molecule has 1 fully saturated rings. The minimum atomic E-state index is -0.0900. The summed E-state index contributed by atoms with van der Waals surface area (Å²) in [5, 5.41) is 13.4. The van der Waals surface area contributed by atoms with Gasteiger partial charge in [-0.05, 0) is 25.8 Å². The molecule has 18 heavy (non-hydrogen) atoms. The highest BCUT2D eigenvalue weighted by atomic mass is 16.3. The molecule has 0 bridgehead atoms. The molecular formula is C16H33NO. The molecule has 0 aliphatic heterocycles. The molecule has 0 unspecified atom stereocenters. The van der Waals surface area contributed by atoms with Crippen LogP contribution in [0.1, 0.15) is 84.0 Å². The van der Waals surface area contributed by atoms with Gasteiger partial charge in [-0.2, -0.15) is 0 Å². The number of hydrogen-bond donors (Lipinski definition) is 2. The van der Waals surface area contributed by atoms with Gasteiger partial charge in [-0.1, -0.05) is 64.7 Å². The van der Waals surface area contributed by atoms with Gasteiger partial charge in [0.1, 0.15) is 0 Å². The molecule has 2 nitrogen and oxygen atoms in total. The van der Waals surface area contributed by atoms with Crippen molar-refractivity contribution < 1.29 is 5.11 Å². The Hall–Kier alpha value is -0.0800. The van der Waals surface area contributed by atoms with E-state index >= 15 is 0 Å². The number of aliphatic hydroxyl groups excluding tert-OH is 1. The van der Waals surface area contributed by atoms with Gasteiger partial charge in [0.25, 0.3) is 0 Å². The summed E-state index contributed by atoms with van der Waals surface area (Å²) in [4.78, 5) is 0. The molecular weight excluding hydrogens is 222 g/mol. The van der Waals surface area contributed by atoms with Crippen LogP contribution < -0.4 is 5.32 Å². The van der Waals surface area contributed by atoms with Crippen molar-refractivity contribution in [2.24, 2.45) is 0 Å². The predicted molar refractivity (Wildman–Crippen MR) is 78.9 cm³/mol. The van der Waals surface area contributed by atoms with Crippen molar-refractivity contribution in [1.29, 1.82) is 0 Å². The van der Waals surface area contributed by atoms with Crippen molar-refractivity contribution in [2.75, 3.05) is 6.54 Å². The first-order valence-electron chi connectivity index (χ1n) is 8.26. The SMILES string of the molecule is CCCCCCCCCCN[C@H]1CCCC[C@@H]1O. The zero-order valence-corrected chi connectivity index (χ0v) is 12.3. The Balaban J connectivity index is 1.83. The molecule has 1 saturated carbocycles. The second kappa shape index (κ2) is 10.8. The lowest BCUT2D eigenvalue weighted by atomic mass is 9.92. The maximum absolute atomic E-state index is 9.83. The van der Waals surface area contributed by atoms with Crippen molar-refractivity contribution >= 4 is 0 Å². The number of rotatable bonds is 10. The lowest BCUT2D eigenvalue weighted by Crippen LogP contribution is -2.42. The fraction of sp³-hybridized carbons (Fsp3) is 1.00. The van der Waals surface area contributed by atoms with E-state index in [9.17, 15) is 5.11 Å². The van der Waals surface area contributed by atoms with E-state index in [2.05, 4.69) is 12.2 Å². The normalized spacial score (nSPS) is 24.3. The third kappa shape index (κ3) is 7.38. The Bertz CT molecular complexity index is 184. The standard InChI is InChI=1S/C16H33NO/c1-2-3-4-5-6-7-8-11-14-17-15-12-9-10-13-16(15)18/h15-18H,2-14H2,1H3/t15-,16-/m0/s1. The van der Waals surface area contributed by atoms with E-state index in [1.807, 2.05) is 0 Å². The zero-order valence-electron chi connectivity index (χ0n) is 12.3. The van der Waals surface area contributed by atoms with Crippen molar-refractivity contribution in [1.82, 2.24) is 5.32 Å². The molecule has 0 aromatic rings. The van der Waals surface area contributed by atoms with Crippen LogP contribution >= 0.6 is 0 Å². The van der Waals surface area contributed by atoms with E-state index in [1.54, 1.807) is 0 Å². The van der Waals surface area contributed by atoms with Gasteiger partial charge in [0, 0.05) is 6.04 Å². The summed E-state index contributed by atoms with van der Waals surface area (Å²) >= 11 is 0. The second-order valence-electron chi connectivity index (χ2n) is 5.89. The molecule has 1 aliphatic carbocycles. The van der Waals surface area contributed by atoms with Crippen LogP contribution in [0.3, 0.4) is 0 Å². The first-order valence-corrected chi connectivity index (χ1v) is 8.26. The van der Waals surface area contributed by atoms with Gasteiger partial charge in [-0.15, -0.1) is 0 Å². The number of hydrogen-bond acceptors (Lipinski definition) is 2. The fourth-order valence-corrected chi connectivity index (χ4v) is 2.90. The molecule has 0 aromatic carbocycles. The predicted octanol–water partition coefficient (Wildman–Crippen LogP) is 4.02. The summed E-state index contributed by atoms with van der Waals surface area (Å²) in [6, 6.07) is 0.378. The Morgan fingerprint density at radius 1 is 0.889 bits per heavy atom. The topological polar surface area (TPSA) is 32.3 Å². The monoisotopic (exact) mass is 255 g/mol. The smallest absolute Gasteiger partial charge is 0.0693 e. The molecule has 0 saturated heterocycles. The lowest BCUT2D eigenvalue weighted by molar-refractivity contribution is 0.0909. The summed E-state index contributed by atoms with van der Waals surface area (Å²) in [5.74, 6) is 0. The van der Waals surface area contributed by atoms with Crippen molar-refractivity contribution in [3.8, 4) is 0 Å². The van der Waals surface area contributed by atoms with E-state index in [1.165, 1.54) is 64.2 Å². The highest BCUT2D eigenvalue weighted by molar-refractivity contribution is 4.79. The Morgan fingerprint density at radius 3 is 2.17 bits per heavy atom. The van der Waals surface area contributed by atoms with Crippen LogP contribution in [0, 0.1) is 0 Å². The Labute approximate surface area is 114 Å². The average molecular weight is 255 g/mol. The van der Waals surface area contributed by atoms with E-state index in [0.717, 1.165) is 19.4 Å². The van der Waals surface area contributed by atoms with E-state index in [0.29, 0.717) is 6.04 Å². The molecule has 1 aliphatic rings. The molecule has 0 amide bonds. The van der Waals surface area contributed by atoms with Crippen LogP contribution in [-0.4, -0.2) is 23.8 Å². The van der Waals surface area contributed by atoms with Gasteiger partial charge in [-0.3, -0.25) is 0 Å². The van der Waals surface area contributed by atoms with Gasteiger partial charge < -0.3 is 10.4 Å². The molecule has 108 valence electrons. The minimum Gasteiger partial charge on any atom is -0.392 e. The van der Waals surface area contributed by atoms with Crippen LogP contribution in [0.4, 0.5) is 0 Å². The minimum absolute atomic E-state index is 0.0900. The number of nitrogens with one attached hydrogen (secondary N) is 1. The summed E-state index contributed by atoms with van der Waals surface area (Å²) in [5.41, 5.74) is 0. The van der Waals surface area contributed by atoms with Crippen LogP contribution in [0.5, 0.6) is 0 Å². The summed E-state index contributed by atoms with van der Waals surface area (Å²) in [7, 11) is 0. The Morgan fingerprint density at radius 2 is 1.50 bits per heavy atom. The maximum Gasteiger partial charge on any atom is 0.0693 e. The fourth-order valence-electron chi connectivity index (χ4n) is 2.90. The van der Waals surface area contributed by atoms with Gasteiger partial charge in [0.15, 0.2) is 0 Å². The van der Waals surface area contributed by atoms with E-state index < -0.39 is 0 Å². The van der Waals surface area contributed by atoms with Gasteiger partial charge in [-0.25, -0.2) is 0 Å². The maximum atomic E-state index is 9.83. The molecule has 2 heteroatoms. The van der Waals surface area contributed by atoms with Gasteiger partial charge in [0.2, 0.25) is 0 Å². The van der Waals surface area contributed by atoms with Crippen molar-refractivity contribution in [2.45, 2.75) is 96.1 Å². The highest BCUT2D eigenvalue weighted by Crippen LogP contribution is 2.18.